The van der Waals surface area contributed by atoms with E-state index in [2.05, 4.69) is 12.2 Å². The Labute approximate surface area is 129 Å². The highest BCUT2D eigenvalue weighted by Gasteiger charge is 2.48. The fraction of sp³-hybridized carbons (Fsp3) is 0.500. The minimum atomic E-state index is -0.429. The van der Waals surface area contributed by atoms with E-state index in [-0.39, 0.29) is 18.1 Å². The van der Waals surface area contributed by atoms with E-state index in [4.69, 9.17) is 9.47 Å². The molecule has 22 heavy (non-hydrogen) atoms. The second-order valence-electron chi connectivity index (χ2n) is 5.62. The smallest absolute Gasteiger partial charge is 0.329 e. The Morgan fingerprint density at radius 1 is 1.41 bits per heavy atom. The van der Waals surface area contributed by atoms with Crippen LogP contribution in [0.25, 0.3) is 0 Å². The van der Waals surface area contributed by atoms with Crippen LogP contribution in [-0.2, 0) is 9.53 Å². The van der Waals surface area contributed by atoms with E-state index in [9.17, 15) is 9.59 Å². The van der Waals surface area contributed by atoms with Crippen molar-refractivity contribution < 1.29 is 19.1 Å². The molecule has 2 saturated heterocycles. The predicted octanol–water partition coefficient (Wildman–Crippen LogP) is 2.40. The fourth-order valence-corrected chi connectivity index (χ4v) is 2.74. The number of ether oxygens (including phenoxy) is 2. The van der Waals surface area contributed by atoms with Gasteiger partial charge in [-0.05, 0) is 30.7 Å². The van der Waals surface area contributed by atoms with Crippen molar-refractivity contribution in [2.45, 2.75) is 38.3 Å². The zero-order valence-electron chi connectivity index (χ0n) is 12.6. The maximum absolute atomic E-state index is 12.2. The third-order valence-electron chi connectivity index (χ3n) is 3.95. The molecule has 2 bridgehead atoms. The summed E-state index contributed by atoms with van der Waals surface area (Å²) < 4.78 is 10.7. The second-order valence-corrected chi connectivity index (χ2v) is 5.62. The van der Waals surface area contributed by atoms with Crippen LogP contribution >= 0.6 is 0 Å². The Morgan fingerprint density at radius 2 is 2.18 bits per heavy atom. The van der Waals surface area contributed by atoms with Crippen molar-refractivity contribution in [1.82, 2.24) is 4.90 Å². The van der Waals surface area contributed by atoms with Gasteiger partial charge in [0, 0.05) is 12.1 Å². The minimum absolute atomic E-state index is 0.141. The first-order chi connectivity index (χ1) is 10.7. The van der Waals surface area contributed by atoms with Crippen molar-refractivity contribution in [1.29, 1.82) is 0 Å². The molecule has 6 nitrogen and oxygen atoms in total. The maximum Gasteiger partial charge on any atom is 0.329 e. The molecule has 3 rings (SSSR count). The molecule has 2 amide bonds. The van der Waals surface area contributed by atoms with Gasteiger partial charge < -0.3 is 19.7 Å². The highest BCUT2D eigenvalue weighted by Crippen LogP contribution is 2.29. The van der Waals surface area contributed by atoms with Gasteiger partial charge in [0.15, 0.2) is 0 Å². The zero-order valence-corrected chi connectivity index (χ0v) is 12.6. The van der Waals surface area contributed by atoms with E-state index < -0.39 is 6.04 Å². The van der Waals surface area contributed by atoms with Crippen molar-refractivity contribution in [2.24, 2.45) is 0 Å². The third-order valence-corrected chi connectivity index (χ3v) is 3.95. The van der Waals surface area contributed by atoms with Gasteiger partial charge in [-0.25, -0.2) is 9.59 Å². The van der Waals surface area contributed by atoms with Crippen LogP contribution in [0.5, 0.6) is 5.75 Å². The van der Waals surface area contributed by atoms with Crippen molar-refractivity contribution in [2.75, 3.05) is 18.5 Å². The standard InChI is InChI=1S/C16H20N2O4/c1-2-3-8-21-12-6-4-11(5-7-12)17-16(20)18-10-13-9-14(18)15(19)22-13/h4-7,13-14H,2-3,8-10H2,1H3,(H,17,20)/t13-,14+/m1/s1. The lowest BCUT2D eigenvalue weighted by atomic mass is 10.2. The van der Waals surface area contributed by atoms with Gasteiger partial charge in [0.2, 0.25) is 0 Å². The summed E-state index contributed by atoms with van der Waals surface area (Å²) in [6.07, 6.45) is 2.58. The maximum atomic E-state index is 12.2. The summed E-state index contributed by atoms with van der Waals surface area (Å²) in [6, 6.07) is 6.56. The number of rotatable bonds is 5. The lowest BCUT2D eigenvalue weighted by molar-refractivity contribution is -0.149. The average Bonchev–Trinajstić information content (AvgIpc) is 3.08. The van der Waals surface area contributed by atoms with Crippen molar-refractivity contribution in [3.8, 4) is 5.75 Å². The van der Waals surface area contributed by atoms with Crippen molar-refractivity contribution >= 4 is 17.7 Å². The second kappa shape index (κ2) is 6.25. The van der Waals surface area contributed by atoms with Gasteiger partial charge in [-0.15, -0.1) is 0 Å². The number of nitrogens with one attached hydrogen (secondary N) is 1. The quantitative estimate of drug-likeness (QED) is 0.670. The van der Waals surface area contributed by atoms with E-state index in [1.807, 2.05) is 12.1 Å². The monoisotopic (exact) mass is 304 g/mol. The van der Waals surface area contributed by atoms with Gasteiger partial charge in [0.1, 0.15) is 17.9 Å². The summed E-state index contributed by atoms with van der Waals surface area (Å²) in [5.74, 6) is 0.487. The van der Waals surface area contributed by atoms with Crippen molar-refractivity contribution in [3.05, 3.63) is 24.3 Å². The first-order valence-corrected chi connectivity index (χ1v) is 7.68. The number of likely N-dealkylation sites (tertiary alicyclic amines) is 1. The lowest BCUT2D eigenvalue weighted by Gasteiger charge is -2.25. The summed E-state index contributed by atoms with van der Waals surface area (Å²) in [7, 11) is 0. The van der Waals surface area contributed by atoms with Crippen LogP contribution in [0.1, 0.15) is 26.2 Å². The number of anilines is 1. The lowest BCUT2D eigenvalue weighted by Crippen LogP contribution is -2.46. The Balaban J connectivity index is 1.54. The van der Waals surface area contributed by atoms with Gasteiger partial charge >= 0.3 is 12.0 Å². The van der Waals surface area contributed by atoms with Crippen LogP contribution in [-0.4, -0.2) is 42.2 Å². The van der Waals surface area contributed by atoms with Crippen molar-refractivity contribution in [3.63, 3.8) is 0 Å². The van der Waals surface area contributed by atoms with Gasteiger partial charge in [-0.1, -0.05) is 13.3 Å². The van der Waals surface area contributed by atoms with E-state index in [1.165, 1.54) is 0 Å². The molecular weight excluding hydrogens is 284 g/mol. The van der Waals surface area contributed by atoms with E-state index in [0.717, 1.165) is 18.6 Å². The number of carbonyl (C=O) groups excluding carboxylic acids is 2. The summed E-state index contributed by atoms with van der Waals surface area (Å²) in [6.45, 7) is 3.28. The molecule has 0 aliphatic carbocycles. The SMILES string of the molecule is CCCCOc1ccc(NC(=O)N2C[C@H]3C[C@H]2C(=O)O3)cc1. The topological polar surface area (TPSA) is 67.9 Å². The fourth-order valence-electron chi connectivity index (χ4n) is 2.74. The number of unbranched alkanes of at least 4 members (excludes halogenated alkanes) is 1. The number of esters is 1. The Bertz CT molecular complexity index is 558. The molecule has 2 atom stereocenters. The van der Waals surface area contributed by atoms with Crippen LogP contribution in [0.4, 0.5) is 10.5 Å². The van der Waals surface area contributed by atoms with E-state index in [0.29, 0.717) is 25.3 Å². The van der Waals surface area contributed by atoms with Gasteiger partial charge in [0.05, 0.1) is 13.2 Å². The molecular formula is C16H20N2O4. The molecule has 0 aromatic heterocycles. The normalized spacial score (nSPS) is 22.6. The average molecular weight is 304 g/mol. The number of hydrogen-bond acceptors (Lipinski definition) is 4. The Morgan fingerprint density at radius 3 is 2.82 bits per heavy atom. The molecule has 6 heteroatoms. The number of carbonyl (C=O) groups is 2. The highest BCUT2D eigenvalue weighted by atomic mass is 16.6. The number of morpholine rings is 1. The van der Waals surface area contributed by atoms with Crippen LogP contribution in [0.2, 0.25) is 0 Å². The molecule has 2 aliphatic rings. The number of hydrogen-bond donors (Lipinski definition) is 1. The van der Waals surface area contributed by atoms with Gasteiger partial charge in [-0.2, -0.15) is 0 Å². The third kappa shape index (κ3) is 3.00. The first-order valence-electron chi connectivity index (χ1n) is 7.68. The number of amides is 2. The summed E-state index contributed by atoms with van der Waals surface area (Å²) in [5, 5.41) is 2.81. The van der Waals surface area contributed by atoms with Crippen LogP contribution in [0.15, 0.2) is 24.3 Å². The Hall–Kier alpha value is -2.24. The predicted molar refractivity (Wildman–Crippen MR) is 80.9 cm³/mol. The molecule has 1 N–H and O–H groups in total. The molecule has 2 heterocycles. The largest absolute Gasteiger partial charge is 0.494 e. The van der Waals surface area contributed by atoms with Crippen LogP contribution < -0.4 is 10.1 Å². The highest BCUT2D eigenvalue weighted by molar-refractivity contribution is 5.94. The van der Waals surface area contributed by atoms with E-state index >= 15 is 0 Å². The number of benzene rings is 1. The minimum Gasteiger partial charge on any atom is -0.494 e. The summed E-state index contributed by atoms with van der Waals surface area (Å²) >= 11 is 0. The first kappa shape index (κ1) is 14.7. The van der Waals surface area contributed by atoms with Gasteiger partial charge in [0.25, 0.3) is 0 Å². The molecule has 2 fully saturated rings. The zero-order chi connectivity index (χ0) is 15.5. The number of fused-ring (bicyclic) bond motifs is 2. The molecule has 1 aromatic rings. The molecule has 2 aliphatic heterocycles. The molecule has 118 valence electrons. The van der Waals surface area contributed by atoms with Gasteiger partial charge in [-0.3, -0.25) is 0 Å². The molecule has 0 radical (unpaired) electrons. The molecule has 0 unspecified atom stereocenters. The number of urea groups is 1. The Kier molecular flexibility index (Phi) is 4.18. The summed E-state index contributed by atoms with van der Waals surface area (Å²) in [4.78, 5) is 25.3. The van der Waals surface area contributed by atoms with Crippen LogP contribution in [0.3, 0.4) is 0 Å². The van der Waals surface area contributed by atoms with E-state index in [1.54, 1.807) is 17.0 Å². The number of nitrogens with zero attached hydrogens (tertiary/aromatic N) is 1. The molecule has 0 saturated carbocycles. The molecule has 0 spiro atoms. The molecule has 1 aromatic carbocycles. The van der Waals surface area contributed by atoms with Crippen LogP contribution in [0, 0.1) is 0 Å². The summed E-state index contributed by atoms with van der Waals surface area (Å²) in [5.41, 5.74) is 0.684.